The van der Waals surface area contributed by atoms with Crippen LogP contribution in [-0.4, -0.2) is 20.4 Å². The molecule has 0 aliphatic heterocycles. The Bertz CT molecular complexity index is 470. The van der Waals surface area contributed by atoms with Gasteiger partial charge in [0.15, 0.2) is 0 Å². The predicted molar refractivity (Wildman–Crippen MR) is 61.3 cm³/mol. The molecule has 1 aromatic carbocycles. The van der Waals surface area contributed by atoms with E-state index < -0.39 is 22.0 Å². The molecule has 0 heterocycles. The minimum absolute atomic E-state index is 0.149. The second kappa shape index (κ2) is 5.79. The summed E-state index contributed by atoms with van der Waals surface area (Å²) in [7, 11) is -3.66. The first-order valence-electron chi connectivity index (χ1n) is 5.19. The zero-order valence-electron chi connectivity index (χ0n) is 9.42. The molecule has 0 aliphatic carbocycles. The molecule has 1 rings (SSSR count). The Kier molecular flexibility index (Phi) is 4.65. The maximum Gasteiger partial charge on any atom is 0.216 e. The van der Waals surface area contributed by atoms with Crippen molar-refractivity contribution in [3.8, 4) is 0 Å². The van der Waals surface area contributed by atoms with E-state index in [4.69, 9.17) is 0 Å². The number of nitrogens with one attached hydrogen (secondary N) is 1. The Morgan fingerprint density at radius 2 is 1.94 bits per heavy atom. The van der Waals surface area contributed by atoms with Crippen molar-refractivity contribution in [1.29, 1.82) is 0 Å². The highest BCUT2D eigenvalue weighted by molar-refractivity contribution is 7.88. The van der Waals surface area contributed by atoms with Gasteiger partial charge in [0.1, 0.15) is 0 Å². The van der Waals surface area contributed by atoms with Gasteiger partial charge in [0.05, 0.1) is 17.8 Å². The second-order valence-electron chi connectivity index (χ2n) is 3.64. The molecule has 5 nitrogen and oxygen atoms in total. The molecule has 0 saturated heterocycles. The summed E-state index contributed by atoms with van der Waals surface area (Å²) < 4.78 is 25.4. The molecular weight excluding hydrogens is 242 g/mol. The van der Waals surface area contributed by atoms with Crippen LogP contribution in [0.3, 0.4) is 0 Å². The summed E-state index contributed by atoms with van der Waals surface area (Å²) in [6.07, 6.45) is 0.149. The first kappa shape index (κ1) is 13.7. The third-order valence-corrected chi connectivity index (χ3v) is 3.57. The lowest BCUT2D eigenvalue weighted by atomic mass is 10.2. The van der Waals surface area contributed by atoms with E-state index in [-0.39, 0.29) is 12.2 Å². The van der Waals surface area contributed by atoms with Crippen LogP contribution in [0, 0.1) is 0 Å². The summed E-state index contributed by atoms with van der Waals surface area (Å²) in [6.45, 7) is 1.57. The number of sulfonamides is 1. The van der Waals surface area contributed by atoms with Crippen molar-refractivity contribution < 1.29 is 18.3 Å². The average Bonchev–Trinajstić information content (AvgIpc) is 2.26. The second-order valence-corrected chi connectivity index (χ2v) is 5.40. The fourth-order valence-electron chi connectivity index (χ4n) is 1.35. The van der Waals surface area contributed by atoms with E-state index in [1.807, 2.05) is 0 Å². The van der Waals surface area contributed by atoms with Gasteiger partial charge in [0, 0.05) is 0 Å². The maximum absolute atomic E-state index is 11.7. The number of aliphatic carboxylic acids is 1. The smallest absolute Gasteiger partial charge is 0.216 e. The van der Waals surface area contributed by atoms with Gasteiger partial charge in [-0.2, -0.15) is 0 Å². The molecule has 0 bridgehead atoms. The van der Waals surface area contributed by atoms with Gasteiger partial charge in [0.25, 0.3) is 0 Å². The molecule has 0 fully saturated rings. The van der Waals surface area contributed by atoms with E-state index in [0.717, 1.165) is 0 Å². The van der Waals surface area contributed by atoms with Crippen LogP contribution in [0.15, 0.2) is 30.3 Å². The summed E-state index contributed by atoms with van der Waals surface area (Å²) in [4.78, 5) is 10.6. The third kappa shape index (κ3) is 4.54. The van der Waals surface area contributed by atoms with Gasteiger partial charge in [-0.1, -0.05) is 37.3 Å². The van der Waals surface area contributed by atoms with Gasteiger partial charge in [-0.3, -0.25) is 0 Å². The van der Waals surface area contributed by atoms with Crippen molar-refractivity contribution in [2.24, 2.45) is 0 Å². The van der Waals surface area contributed by atoms with Crippen molar-refractivity contribution >= 4 is 16.0 Å². The van der Waals surface area contributed by atoms with E-state index in [1.54, 1.807) is 37.3 Å². The van der Waals surface area contributed by atoms with Crippen LogP contribution < -0.4 is 9.83 Å². The van der Waals surface area contributed by atoms with Crippen molar-refractivity contribution in [3.05, 3.63) is 35.9 Å². The molecule has 0 unspecified atom stereocenters. The van der Waals surface area contributed by atoms with Crippen LogP contribution in [0.2, 0.25) is 0 Å². The van der Waals surface area contributed by atoms with Crippen LogP contribution >= 0.6 is 0 Å². The Morgan fingerprint density at radius 1 is 1.35 bits per heavy atom. The van der Waals surface area contributed by atoms with Crippen LogP contribution in [0.5, 0.6) is 0 Å². The molecule has 0 amide bonds. The van der Waals surface area contributed by atoms with E-state index >= 15 is 0 Å². The highest BCUT2D eigenvalue weighted by Crippen LogP contribution is 2.05. The van der Waals surface area contributed by atoms with Crippen LogP contribution in [0.4, 0.5) is 0 Å². The monoisotopic (exact) mass is 256 g/mol. The molecule has 0 radical (unpaired) electrons. The van der Waals surface area contributed by atoms with Crippen molar-refractivity contribution in [2.75, 3.05) is 0 Å². The largest absolute Gasteiger partial charge is 0.548 e. The minimum atomic E-state index is -3.66. The predicted octanol–water partition coefficient (Wildman–Crippen LogP) is -0.365. The quantitative estimate of drug-likeness (QED) is 0.752. The van der Waals surface area contributed by atoms with E-state index in [2.05, 4.69) is 4.72 Å². The van der Waals surface area contributed by atoms with Gasteiger partial charge < -0.3 is 9.90 Å². The Hall–Kier alpha value is -1.40. The number of carboxylic acid groups (broad SMARTS) is 1. The molecule has 0 aliphatic rings. The number of hydrogen-bond donors (Lipinski definition) is 1. The molecule has 1 aromatic rings. The molecule has 94 valence electrons. The van der Waals surface area contributed by atoms with Crippen LogP contribution in [0.1, 0.15) is 18.9 Å². The fraction of sp³-hybridized carbons (Fsp3) is 0.364. The molecule has 0 spiro atoms. The molecule has 1 atom stereocenters. The molecule has 17 heavy (non-hydrogen) atoms. The topological polar surface area (TPSA) is 86.3 Å². The maximum atomic E-state index is 11.7. The third-order valence-electron chi connectivity index (χ3n) is 2.21. The van der Waals surface area contributed by atoms with Gasteiger partial charge in [0.2, 0.25) is 10.0 Å². The molecule has 1 N–H and O–H groups in total. The Labute approximate surface area is 101 Å². The average molecular weight is 256 g/mol. The number of carbonyl (C=O) groups is 1. The highest BCUT2D eigenvalue weighted by atomic mass is 32.2. The number of rotatable bonds is 6. The van der Waals surface area contributed by atoms with Gasteiger partial charge in [-0.05, 0) is 12.0 Å². The fourth-order valence-corrected chi connectivity index (χ4v) is 2.76. The van der Waals surface area contributed by atoms with E-state index in [9.17, 15) is 18.3 Å². The van der Waals surface area contributed by atoms with Gasteiger partial charge in [-0.15, -0.1) is 0 Å². The van der Waals surface area contributed by atoms with Crippen molar-refractivity contribution in [3.63, 3.8) is 0 Å². The lowest BCUT2D eigenvalue weighted by molar-refractivity contribution is -0.308. The SMILES string of the molecule is CC[C@H](NS(=O)(=O)Cc1ccccc1)C(=O)[O-]. The Morgan fingerprint density at radius 3 is 2.41 bits per heavy atom. The zero-order valence-corrected chi connectivity index (χ0v) is 10.2. The molecule has 6 heteroatoms. The summed E-state index contributed by atoms with van der Waals surface area (Å²) in [5.41, 5.74) is 0.605. The molecule has 0 saturated carbocycles. The van der Waals surface area contributed by atoms with Gasteiger partial charge in [-0.25, -0.2) is 13.1 Å². The van der Waals surface area contributed by atoms with E-state index in [0.29, 0.717) is 5.56 Å². The molecule has 0 aromatic heterocycles. The Balaban J connectivity index is 2.73. The lowest BCUT2D eigenvalue weighted by Crippen LogP contribution is -2.47. The minimum Gasteiger partial charge on any atom is -0.548 e. The van der Waals surface area contributed by atoms with Crippen LogP contribution in [-0.2, 0) is 20.6 Å². The summed E-state index contributed by atoms with van der Waals surface area (Å²) in [5, 5.41) is 10.6. The van der Waals surface area contributed by atoms with Crippen LogP contribution in [0.25, 0.3) is 0 Å². The highest BCUT2D eigenvalue weighted by Gasteiger charge is 2.17. The number of hydrogen-bond acceptors (Lipinski definition) is 4. The number of carbonyl (C=O) groups excluding carboxylic acids is 1. The lowest BCUT2D eigenvalue weighted by Gasteiger charge is -2.17. The summed E-state index contributed by atoms with van der Waals surface area (Å²) >= 11 is 0. The van der Waals surface area contributed by atoms with Gasteiger partial charge >= 0.3 is 0 Å². The summed E-state index contributed by atoms with van der Waals surface area (Å²) in [6, 6.07) is 7.38. The standard InChI is InChI=1S/C11H15NO4S/c1-2-10(11(13)14)12-17(15,16)8-9-6-4-3-5-7-9/h3-7,10,12H,2,8H2,1H3,(H,13,14)/p-1/t10-/m0/s1. The first-order valence-corrected chi connectivity index (χ1v) is 6.84. The normalized spacial score (nSPS) is 13.2. The zero-order chi connectivity index (χ0) is 12.9. The number of carboxylic acids is 1. The summed E-state index contributed by atoms with van der Waals surface area (Å²) in [5.74, 6) is -1.65. The first-order chi connectivity index (χ1) is 7.94. The van der Waals surface area contributed by atoms with E-state index in [1.165, 1.54) is 0 Å². The molecular formula is C11H14NO4S-. The van der Waals surface area contributed by atoms with Crippen molar-refractivity contribution in [1.82, 2.24) is 4.72 Å². The number of benzene rings is 1. The van der Waals surface area contributed by atoms with Crippen molar-refractivity contribution in [2.45, 2.75) is 25.1 Å².